The number of rotatable bonds is 5. The Labute approximate surface area is 114 Å². The number of anilines is 1. The maximum Gasteiger partial charge on any atom is 0.419 e. The summed E-state index contributed by atoms with van der Waals surface area (Å²) in [7, 11) is 1.62. The second-order valence-corrected chi connectivity index (χ2v) is 4.45. The molecule has 0 saturated carbocycles. The molecule has 4 nitrogen and oxygen atoms in total. The van der Waals surface area contributed by atoms with Gasteiger partial charge in [-0.15, -0.1) is 0 Å². The zero-order chi connectivity index (χ0) is 14.6. The van der Waals surface area contributed by atoms with Crippen molar-refractivity contribution in [3.8, 4) is 0 Å². The molecule has 108 valence electrons. The fraction of sp³-hybridized carbons (Fsp3) is 0.385. The van der Waals surface area contributed by atoms with Crippen LogP contribution in [0, 0.1) is 0 Å². The Morgan fingerprint density at radius 3 is 2.75 bits per heavy atom. The summed E-state index contributed by atoms with van der Waals surface area (Å²) in [5.74, 6) is -0.0365. The third kappa shape index (κ3) is 3.49. The third-order valence-corrected chi connectivity index (χ3v) is 2.92. The van der Waals surface area contributed by atoms with E-state index >= 15 is 0 Å². The molecule has 0 aliphatic carbocycles. The molecule has 2 aromatic heterocycles. The van der Waals surface area contributed by atoms with E-state index in [-0.39, 0.29) is 5.82 Å². The van der Waals surface area contributed by atoms with Gasteiger partial charge in [0.1, 0.15) is 5.82 Å². The first-order chi connectivity index (χ1) is 9.48. The molecule has 2 aromatic rings. The fourth-order valence-corrected chi connectivity index (χ4v) is 1.94. The Balaban J connectivity index is 2.00. The van der Waals surface area contributed by atoms with E-state index in [4.69, 9.17) is 0 Å². The summed E-state index contributed by atoms with van der Waals surface area (Å²) in [4.78, 5) is 9.29. The van der Waals surface area contributed by atoms with Gasteiger partial charge in [0.05, 0.1) is 11.9 Å². The van der Waals surface area contributed by atoms with E-state index < -0.39 is 11.7 Å². The van der Waals surface area contributed by atoms with Crippen molar-refractivity contribution in [3.63, 3.8) is 0 Å². The normalized spacial score (nSPS) is 11.6. The average Bonchev–Trinajstić information content (AvgIpc) is 2.91. The minimum absolute atomic E-state index is 0.0365. The van der Waals surface area contributed by atoms with E-state index in [0.29, 0.717) is 19.5 Å². The molecule has 20 heavy (non-hydrogen) atoms. The quantitative estimate of drug-likeness (QED) is 0.846. The Morgan fingerprint density at radius 2 is 2.10 bits per heavy atom. The summed E-state index contributed by atoms with van der Waals surface area (Å²) in [6, 6.07) is 2.35. The van der Waals surface area contributed by atoms with Crippen molar-refractivity contribution in [1.82, 2.24) is 14.5 Å². The highest BCUT2D eigenvalue weighted by Gasteiger charge is 2.34. The van der Waals surface area contributed by atoms with Crippen LogP contribution in [-0.4, -0.2) is 28.1 Å². The lowest BCUT2D eigenvalue weighted by Gasteiger charge is -2.22. The maximum absolute atomic E-state index is 12.9. The molecule has 0 bridgehead atoms. The summed E-state index contributed by atoms with van der Waals surface area (Å²) in [5.41, 5.74) is -0.704. The van der Waals surface area contributed by atoms with Crippen molar-refractivity contribution < 1.29 is 13.2 Å². The Hall–Kier alpha value is -2.05. The van der Waals surface area contributed by atoms with Gasteiger partial charge >= 0.3 is 6.18 Å². The van der Waals surface area contributed by atoms with Crippen LogP contribution in [0.1, 0.15) is 12.0 Å². The minimum atomic E-state index is -4.39. The van der Waals surface area contributed by atoms with Crippen molar-refractivity contribution in [1.29, 1.82) is 0 Å². The van der Waals surface area contributed by atoms with Crippen LogP contribution in [0.25, 0.3) is 0 Å². The van der Waals surface area contributed by atoms with Gasteiger partial charge in [0.15, 0.2) is 0 Å². The molecule has 2 heterocycles. The highest BCUT2D eigenvalue weighted by Crippen LogP contribution is 2.34. The van der Waals surface area contributed by atoms with Gasteiger partial charge in [0.2, 0.25) is 0 Å². The molecule has 0 atom stereocenters. The summed E-state index contributed by atoms with van der Waals surface area (Å²) in [5, 5.41) is 0. The van der Waals surface area contributed by atoms with Crippen LogP contribution in [-0.2, 0) is 12.7 Å². The zero-order valence-corrected chi connectivity index (χ0v) is 11.0. The third-order valence-electron chi connectivity index (χ3n) is 2.92. The molecular formula is C13H15F3N4. The van der Waals surface area contributed by atoms with Gasteiger partial charge < -0.3 is 9.47 Å². The molecule has 0 aliphatic rings. The first-order valence-electron chi connectivity index (χ1n) is 6.17. The van der Waals surface area contributed by atoms with Crippen molar-refractivity contribution >= 4 is 5.82 Å². The topological polar surface area (TPSA) is 34.0 Å². The first-order valence-corrected chi connectivity index (χ1v) is 6.17. The van der Waals surface area contributed by atoms with Crippen LogP contribution in [0.5, 0.6) is 0 Å². The summed E-state index contributed by atoms with van der Waals surface area (Å²) in [6.45, 7) is 1.19. The van der Waals surface area contributed by atoms with Gasteiger partial charge in [-0.2, -0.15) is 13.2 Å². The number of halogens is 3. The molecule has 0 spiro atoms. The molecule has 0 aliphatic heterocycles. The van der Waals surface area contributed by atoms with Crippen LogP contribution >= 0.6 is 0 Å². The second-order valence-electron chi connectivity index (χ2n) is 4.45. The number of aryl methyl sites for hydroxylation is 1. The van der Waals surface area contributed by atoms with Gasteiger partial charge in [0.25, 0.3) is 0 Å². The van der Waals surface area contributed by atoms with Gasteiger partial charge in [-0.1, -0.05) is 0 Å². The van der Waals surface area contributed by atoms with Crippen molar-refractivity contribution in [2.45, 2.75) is 19.1 Å². The number of pyridine rings is 1. The highest BCUT2D eigenvalue weighted by molar-refractivity contribution is 5.47. The predicted octanol–water partition coefficient (Wildman–Crippen LogP) is 2.82. The van der Waals surface area contributed by atoms with Gasteiger partial charge in [-0.25, -0.2) is 9.97 Å². The van der Waals surface area contributed by atoms with Gasteiger partial charge in [-0.3, -0.25) is 0 Å². The van der Waals surface area contributed by atoms with Crippen LogP contribution < -0.4 is 4.90 Å². The van der Waals surface area contributed by atoms with E-state index in [2.05, 4.69) is 9.97 Å². The number of imidazole rings is 1. The minimum Gasteiger partial charge on any atom is -0.359 e. The number of alkyl halides is 3. The molecule has 0 radical (unpaired) electrons. The van der Waals surface area contributed by atoms with Crippen LogP contribution in [0.2, 0.25) is 0 Å². The lowest BCUT2D eigenvalue weighted by molar-refractivity contribution is -0.137. The van der Waals surface area contributed by atoms with Crippen LogP contribution in [0.15, 0.2) is 37.1 Å². The molecule has 0 saturated heterocycles. The predicted molar refractivity (Wildman–Crippen MR) is 69.4 cm³/mol. The van der Waals surface area contributed by atoms with Gasteiger partial charge in [-0.05, 0) is 18.6 Å². The molecule has 0 fully saturated rings. The van der Waals surface area contributed by atoms with E-state index in [1.165, 1.54) is 17.2 Å². The number of hydrogen-bond donors (Lipinski definition) is 0. The van der Waals surface area contributed by atoms with Crippen LogP contribution in [0.3, 0.4) is 0 Å². The van der Waals surface area contributed by atoms with Crippen molar-refractivity contribution in [3.05, 3.63) is 42.6 Å². The standard InChI is InChI=1S/C13H15F3N4/c1-19(7-3-8-20-9-6-17-10-20)12-11(13(14,15)16)4-2-5-18-12/h2,4-6,9-10H,3,7-8H2,1H3. The Kier molecular flexibility index (Phi) is 4.26. The molecule has 0 aromatic carbocycles. The Morgan fingerprint density at radius 1 is 1.30 bits per heavy atom. The van der Waals surface area contributed by atoms with Crippen molar-refractivity contribution in [2.24, 2.45) is 0 Å². The monoisotopic (exact) mass is 284 g/mol. The maximum atomic E-state index is 12.9. The van der Waals surface area contributed by atoms with Gasteiger partial charge in [0, 0.05) is 38.7 Å². The largest absolute Gasteiger partial charge is 0.419 e. The number of hydrogen-bond acceptors (Lipinski definition) is 3. The molecule has 0 unspecified atom stereocenters. The SMILES string of the molecule is CN(CCCn1ccnc1)c1ncccc1C(F)(F)F. The summed E-state index contributed by atoms with van der Waals surface area (Å²) >= 11 is 0. The lowest BCUT2D eigenvalue weighted by Crippen LogP contribution is -2.24. The van der Waals surface area contributed by atoms with Crippen LogP contribution in [0.4, 0.5) is 19.0 Å². The molecule has 7 heteroatoms. The highest BCUT2D eigenvalue weighted by atomic mass is 19.4. The van der Waals surface area contributed by atoms with Crippen molar-refractivity contribution in [2.75, 3.05) is 18.5 Å². The summed E-state index contributed by atoms with van der Waals surface area (Å²) < 4.78 is 40.5. The van der Waals surface area contributed by atoms with E-state index in [1.54, 1.807) is 19.6 Å². The fourth-order valence-electron chi connectivity index (χ4n) is 1.94. The first kappa shape index (κ1) is 14.4. The molecular weight excluding hydrogens is 269 g/mol. The lowest BCUT2D eigenvalue weighted by atomic mass is 10.2. The van der Waals surface area contributed by atoms with E-state index in [0.717, 1.165) is 6.07 Å². The smallest absolute Gasteiger partial charge is 0.359 e. The van der Waals surface area contributed by atoms with E-state index in [1.807, 2.05) is 10.8 Å². The summed E-state index contributed by atoms with van der Waals surface area (Å²) in [6.07, 6.45) is 2.87. The zero-order valence-electron chi connectivity index (χ0n) is 11.0. The second kappa shape index (κ2) is 5.94. The number of nitrogens with zero attached hydrogens (tertiary/aromatic N) is 4. The molecule has 2 rings (SSSR count). The Bertz CT molecular complexity index is 537. The molecule has 0 amide bonds. The van der Waals surface area contributed by atoms with E-state index in [9.17, 15) is 13.2 Å². The average molecular weight is 284 g/mol. The number of aromatic nitrogens is 3. The molecule has 0 N–H and O–H groups in total.